The van der Waals surface area contributed by atoms with E-state index in [4.69, 9.17) is 4.74 Å². The number of rotatable bonds is 4. The number of carbonyl (C=O) groups excluding carboxylic acids is 1. The van der Waals surface area contributed by atoms with Gasteiger partial charge in [-0.15, -0.1) is 0 Å². The summed E-state index contributed by atoms with van der Waals surface area (Å²) in [5.74, 6) is -1.97. The van der Waals surface area contributed by atoms with E-state index in [9.17, 15) is 13.6 Å². The van der Waals surface area contributed by atoms with Crippen LogP contribution in [0.1, 0.15) is 35.1 Å². The average Bonchev–Trinajstić information content (AvgIpc) is 3.01. The van der Waals surface area contributed by atoms with E-state index in [1.54, 1.807) is 6.20 Å². The summed E-state index contributed by atoms with van der Waals surface area (Å²) >= 11 is 0. The zero-order chi connectivity index (χ0) is 17.1. The standard InChI is InChI=1S/C17H19F2N3O2/c1-22-8-7-20-16(22)15-11(4-3-9-24-15)10-21-17(23)12-5-2-6-13(18)14(12)19/h2,5-8,11,15H,3-4,9-10H2,1H3,(H,21,23)/t11-,15+/m0/s1. The van der Waals surface area contributed by atoms with E-state index in [-0.39, 0.29) is 17.6 Å². The van der Waals surface area contributed by atoms with Gasteiger partial charge in [0.1, 0.15) is 11.9 Å². The molecule has 2 aromatic rings. The van der Waals surface area contributed by atoms with Crippen LogP contribution in [0.2, 0.25) is 0 Å². The Morgan fingerprint density at radius 2 is 2.29 bits per heavy atom. The molecule has 1 aliphatic heterocycles. The number of amides is 1. The van der Waals surface area contributed by atoms with Gasteiger partial charge in [-0.2, -0.15) is 0 Å². The number of hydrogen-bond acceptors (Lipinski definition) is 3. The van der Waals surface area contributed by atoms with Gasteiger partial charge in [0.05, 0.1) is 5.56 Å². The third-order valence-electron chi connectivity index (χ3n) is 4.28. The minimum atomic E-state index is -1.13. The average molecular weight is 335 g/mol. The summed E-state index contributed by atoms with van der Waals surface area (Å²) in [5.41, 5.74) is -0.291. The van der Waals surface area contributed by atoms with E-state index in [1.807, 2.05) is 17.8 Å². The number of imidazole rings is 1. The first kappa shape index (κ1) is 16.6. The smallest absolute Gasteiger partial charge is 0.254 e. The van der Waals surface area contributed by atoms with Gasteiger partial charge in [-0.05, 0) is 25.0 Å². The Morgan fingerprint density at radius 3 is 3.04 bits per heavy atom. The first-order valence-corrected chi connectivity index (χ1v) is 7.89. The third-order valence-corrected chi connectivity index (χ3v) is 4.28. The molecule has 1 fully saturated rings. The first-order chi connectivity index (χ1) is 11.6. The maximum Gasteiger partial charge on any atom is 0.254 e. The van der Waals surface area contributed by atoms with Crippen LogP contribution in [0.4, 0.5) is 8.78 Å². The highest BCUT2D eigenvalue weighted by Gasteiger charge is 2.30. The Hall–Kier alpha value is -2.28. The van der Waals surface area contributed by atoms with Crippen LogP contribution in [-0.2, 0) is 11.8 Å². The lowest BCUT2D eigenvalue weighted by Gasteiger charge is -2.31. The molecule has 0 spiro atoms. The van der Waals surface area contributed by atoms with Crippen molar-refractivity contribution >= 4 is 5.91 Å². The molecular formula is C17H19F2N3O2. The van der Waals surface area contributed by atoms with E-state index in [0.717, 1.165) is 24.7 Å². The van der Waals surface area contributed by atoms with Crippen molar-refractivity contribution in [3.05, 3.63) is 53.6 Å². The topological polar surface area (TPSA) is 56.1 Å². The van der Waals surface area contributed by atoms with Crippen LogP contribution in [0, 0.1) is 17.6 Å². The molecule has 0 saturated carbocycles. The number of halogens is 2. The Balaban J connectivity index is 1.69. The molecule has 1 aromatic heterocycles. The Kier molecular flexibility index (Phi) is 4.89. The normalized spacial score (nSPS) is 20.8. The van der Waals surface area contributed by atoms with Crippen LogP contribution in [0.15, 0.2) is 30.6 Å². The third kappa shape index (κ3) is 3.31. The summed E-state index contributed by atoms with van der Waals surface area (Å²) in [7, 11) is 1.89. The summed E-state index contributed by atoms with van der Waals surface area (Å²) in [5, 5.41) is 2.69. The molecule has 128 valence electrons. The summed E-state index contributed by atoms with van der Waals surface area (Å²) in [6, 6.07) is 3.56. The molecule has 3 rings (SSSR count). The molecule has 24 heavy (non-hydrogen) atoms. The largest absolute Gasteiger partial charge is 0.370 e. The quantitative estimate of drug-likeness (QED) is 0.934. The van der Waals surface area contributed by atoms with Gasteiger partial charge >= 0.3 is 0 Å². The zero-order valence-corrected chi connectivity index (χ0v) is 13.3. The van der Waals surface area contributed by atoms with Gasteiger partial charge in [0, 0.05) is 38.5 Å². The summed E-state index contributed by atoms with van der Waals surface area (Å²) in [6.45, 7) is 0.951. The van der Waals surface area contributed by atoms with Crippen LogP contribution in [0.3, 0.4) is 0 Å². The SMILES string of the molecule is Cn1ccnc1[C@@H]1OCCC[C@H]1CNC(=O)c1cccc(F)c1F. The lowest BCUT2D eigenvalue weighted by Crippen LogP contribution is -2.36. The Morgan fingerprint density at radius 1 is 1.46 bits per heavy atom. The first-order valence-electron chi connectivity index (χ1n) is 7.89. The molecular weight excluding hydrogens is 316 g/mol. The second-order valence-corrected chi connectivity index (χ2v) is 5.90. The van der Waals surface area contributed by atoms with E-state index in [1.165, 1.54) is 12.1 Å². The van der Waals surface area contributed by atoms with Gasteiger partial charge in [0.25, 0.3) is 5.91 Å². The molecule has 7 heteroatoms. The van der Waals surface area contributed by atoms with Crippen molar-refractivity contribution < 1.29 is 18.3 Å². The predicted octanol–water partition coefficient (Wildman–Crippen LogP) is 2.60. The monoisotopic (exact) mass is 335 g/mol. The van der Waals surface area contributed by atoms with Crippen molar-refractivity contribution in [2.45, 2.75) is 18.9 Å². The van der Waals surface area contributed by atoms with Crippen LogP contribution < -0.4 is 5.32 Å². The summed E-state index contributed by atoms with van der Waals surface area (Å²) in [4.78, 5) is 16.5. The maximum atomic E-state index is 13.7. The molecule has 1 aliphatic rings. The Labute approximate surface area is 138 Å². The maximum absolute atomic E-state index is 13.7. The van der Waals surface area contributed by atoms with Gasteiger partial charge in [0.2, 0.25) is 0 Å². The van der Waals surface area contributed by atoms with Gasteiger partial charge in [-0.25, -0.2) is 13.8 Å². The number of aromatic nitrogens is 2. The number of nitrogens with one attached hydrogen (secondary N) is 1. The van der Waals surface area contributed by atoms with Gasteiger partial charge in [-0.3, -0.25) is 4.79 Å². The van der Waals surface area contributed by atoms with Crippen LogP contribution in [0.25, 0.3) is 0 Å². The van der Waals surface area contributed by atoms with Crippen molar-refractivity contribution in [1.29, 1.82) is 0 Å². The lowest BCUT2D eigenvalue weighted by molar-refractivity contribution is -0.0337. The number of aryl methyl sites for hydroxylation is 1. The molecule has 1 N–H and O–H groups in total. The minimum absolute atomic E-state index is 0.0282. The molecule has 0 aliphatic carbocycles. The van der Waals surface area contributed by atoms with Crippen molar-refractivity contribution in [3.63, 3.8) is 0 Å². The van der Waals surface area contributed by atoms with Crippen molar-refractivity contribution in [2.75, 3.05) is 13.2 Å². The van der Waals surface area contributed by atoms with Crippen LogP contribution in [-0.4, -0.2) is 28.6 Å². The van der Waals surface area contributed by atoms with Crippen molar-refractivity contribution in [3.8, 4) is 0 Å². The minimum Gasteiger partial charge on any atom is -0.370 e. The van der Waals surface area contributed by atoms with Gasteiger partial charge in [-0.1, -0.05) is 6.07 Å². The van der Waals surface area contributed by atoms with E-state index < -0.39 is 17.5 Å². The molecule has 1 aromatic carbocycles. The fraction of sp³-hybridized carbons (Fsp3) is 0.412. The zero-order valence-electron chi connectivity index (χ0n) is 13.3. The molecule has 0 bridgehead atoms. The van der Waals surface area contributed by atoms with Crippen LogP contribution >= 0.6 is 0 Å². The highest BCUT2D eigenvalue weighted by Crippen LogP contribution is 2.32. The molecule has 0 radical (unpaired) electrons. The van der Waals surface area contributed by atoms with Crippen molar-refractivity contribution in [1.82, 2.24) is 14.9 Å². The fourth-order valence-electron chi connectivity index (χ4n) is 2.99. The number of ether oxygens (including phenoxy) is 1. The van der Waals surface area contributed by atoms with Crippen LogP contribution in [0.5, 0.6) is 0 Å². The number of carbonyl (C=O) groups is 1. The highest BCUT2D eigenvalue weighted by molar-refractivity contribution is 5.94. The molecule has 2 heterocycles. The fourth-order valence-corrected chi connectivity index (χ4v) is 2.99. The van der Waals surface area contributed by atoms with E-state index in [2.05, 4.69) is 10.3 Å². The molecule has 0 unspecified atom stereocenters. The van der Waals surface area contributed by atoms with Gasteiger partial charge < -0.3 is 14.6 Å². The number of hydrogen-bond donors (Lipinski definition) is 1. The van der Waals surface area contributed by atoms with Gasteiger partial charge in [0.15, 0.2) is 11.6 Å². The summed E-state index contributed by atoms with van der Waals surface area (Å²) in [6.07, 6.45) is 5.06. The highest BCUT2D eigenvalue weighted by atomic mass is 19.2. The van der Waals surface area contributed by atoms with Crippen molar-refractivity contribution in [2.24, 2.45) is 13.0 Å². The predicted molar refractivity (Wildman–Crippen MR) is 83.3 cm³/mol. The Bertz CT molecular complexity index is 732. The number of nitrogens with zero attached hydrogens (tertiary/aromatic N) is 2. The molecule has 2 atom stereocenters. The lowest BCUT2D eigenvalue weighted by atomic mass is 9.93. The summed E-state index contributed by atoms with van der Waals surface area (Å²) < 4.78 is 34.7. The molecule has 5 nitrogen and oxygen atoms in total. The molecule has 1 saturated heterocycles. The van der Waals surface area contributed by atoms with E-state index >= 15 is 0 Å². The number of benzene rings is 1. The molecule has 1 amide bonds. The second kappa shape index (κ2) is 7.09. The second-order valence-electron chi connectivity index (χ2n) is 5.90. The van der Waals surface area contributed by atoms with E-state index in [0.29, 0.717) is 13.2 Å².